The Morgan fingerprint density at radius 3 is 2.39 bits per heavy atom. The first-order chi connectivity index (χ1) is 8.54. The van der Waals surface area contributed by atoms with Crippen LogP contribution in [0.4, 0.5) is 0 Å². The van der Waals surface area contributed by atoms with E-state index in [4.69, 9.17) is 0 Å². The third-order valence-corrected chi connectivity index (χ3v) is 3.50. The van der Waals surface area contributed by atoms with Gasteiger partial charge in [0.2, 0.25) is 0 Å². The molecule has 1 N–H and O–H groups in total. The van der Waals surface area contributed by atoms with Gasteiger partial charge in [0.15, 0.2) is 0 Å². The Morgan fingerprint density at radius 2 is 1.78 bits per heavy atom. The SMILES string of the molecule is CNCc1cc(C)n(-c2ccc(C)cc2C)c1C. The van der Waals surface area contributed by atoms with Crippen LogP contribution in [0.15, 0.2) is 24.3 Å². The minimum atomic E-state index is 0.921. The number of hydrogen-bond acceptors (Lipinski definition) is 1. The Morgan fingerprint density at radius 1 is 1.06 bits per heavy atom. The molecule has 0 aliphatic carbocycles. The predicted molar refractivity (Wildman–Crippen MR) is 77.5 cm³/mol. The molecule has 0 amide bonds. The normalized spacial score (nSPS) is 10.9. The smallest absolute Gasteiger partial charge is 0.0484 e. The molecule has 0 unspecified atom stereocenters. The van der Waals surface area contributed by atoms with E-state index in [1.807, 2.05) is 7.05 Å². The van der Waals surface area contributed by atoms with E-state index in [9.17, 15) is 0 Å². The molecule has 0 saturated carbocycles. The summed E-state index contributed by atoms with van der Waals surface area (Å²) in [6.07, 6.45) is 0. The zero-order valence-corrected chi connectivity index (χ0v) is 12.0. The minimum absolute atomic E-state index is 0.921. The zero-order valence-electron chi connectivity index (χ0n) is 12.0. The van der Waals surface area contributed by atoms with Crippen molar-refractivity contribution < 1.29 is 0 Å². The maximum atomic E-state index is 3.23. The van der Waals surface area contributed by atoms with Gasteiger partial charge in [0.1, 0.15) is 0 Å². The fourth-order valence-electron chi connectivity index (χ4n) is 2.63. The number of aryl methyl sites for hydroxylation is 3. The summed E-state index contributed by atoms with van der Waals surface area (Å²) in [6, 6.07) is 8.91. The van der Waals surface area contributed by atoms with Crippen LogP contribution in [0.2, 0.25) is 0 Å². The van der Waals surface area contributed by atoms with Crippen LogP contribution in [0.1, 0.15) is 28.1 Å². The summed E-state index contributed by atoms with van der Waals surface area (Å²) in [5.41, 5.74) is 7.92. The summed E-state index contributed by atoms with van der Waals surface area (Å²) in [4.78, 5) is 0. The predicted octanol–water partition coefficient (Wildman–Crippen LogP) is 3.43. The van der Waals surface area contributed by atoms with Gasteiger partial charge in [-0.15, -0.1) is 0 Å². The van der Waals surface area contributed by atoms with Crippen molar-refractivity contribution in [1.82, 2.24) is 9.88 Å². The Balaban J connectivity index is 2.56. The molecule has 0 spiro atoms. The van der Waals surface area contributed by atoms with Gasteiger partial charge in [0, 0.05) is 23.6 Å². The number of benzene rings is 1. The van der Waals surface area contributed by atoms with Crippen LogP contribution < -0.4 is 5.32 Å². The maximum Gasteiger partial charge on any atom is 0.0484 e. The van der Waals surface area contributed by atoms with E-state index >= 15 is 0 Å². The quantitative estimate of drug-likeness (QED) is 0.872. The van der Waals surface area contributed by atoms with Gasteiger partial charge in [-0.3, -0.25) is 0 Å². The summed E-state index contributed by atoms with van der Waals surface area (Å²) in [7, 11) is 1.99. The van der Waals surface area contributed by atoms with E-state index in [0.717, 1.165) is 6.54 Å². The van der Waals surface area contributed by atoms with Crippen molar-refractivity contribution in [1.29, 1.82) is 0 Å². The number of aromatic nitrogens is 1. The maximum absolute atomic E-state index is 3.23. The molecule has 2 heteroatoms. The Hall–Kier alpha value is -1.54. The highest BCUT2D eigenvalue weighted by Crippen LogP contribution is 2.23. The number of nitrogens with zero attached hydrogens (tertiary/aromatic N) is 1. The fourth-order valence-corrected chi connectivity index (χ4v) is 2.63. The molecular weight excluding hydrogens is 220 g/mol. The molecule has 0 bridgehead atoms. The van der Waals surface area contributed by atoms with Gasteiger partial charge in [-0.1, -0.05) is 17.7 Å². The topological polar surface area (TPSA) is 17.0 Å². The van der Waals surface area contributed by atoms with E-state index in [-0.39, 0.29) is 0 Å². The van der Waals surface area contributed by atoms with E-state index < -0.39 is 0 Å². The van der Waals surface area contributed by atoms with Crippen LogP contribution in [0.5, 0.6) is 0 Å². The Kier molecular flexibility index (Phi) is 3.58. The molecule has 0 aliphatic heterocycles. The van der Waals surface area contributed by atoms with Crippen LogP contribution in [0.3, 0.4) is 0 Å². The average molecular weight is 242 g/mol. The average Bonchev–Trinajstić information content (AvgIpc) is 2.56. The molecule has 1 heterocycles. The van der Waals surface area contributed by atoms with Crippen molar-refractivity contribution in [2.24, 2.45) is 0 Å². The highest BCUT2D eigenvalue weighted by Gasteiger charge is 2.11. The second kappa shape index (κ2) is 4.99. The first kappa shape index (κ1) is 12.9. The molecule has 1 aromatic heterocycles. The van der Waals surface area contributed by atoms with Crippen molar-refractivity contribution in [3.05, 3.63) is 52.3 Å². The molecule has 0 saturated heterocycles. The molecule has 1 aromatic carbocycles. The number of nitrogens with one attached hydrogen (secondary N) is 1. The van der Waals surface area contributed by atoms with Gasteiger partial charge >= 0.3 is 0 Å². The highest BCUT2D eigenvalue weighted by molar-refractivity contribution is 5.47. The molecule has 2 rings (SSSR count). The van der Waals surface area contributed by atoms with E-state index in [2.05, 4.69) is 61.8 Å². The van der Waals surface area contributed by atoms with Crippen molar-refractivity contribution in [2.75, 3.05) is 7.05 Å². The van der Waals surface area contributed by atoms with Crippen LogP contribution in [-0.2, 0) is 6.54 Å². The van der Waals surface area contributed by atoms with Gasteiger partial charge in [0.05, 0.1) is 0 Å². The molecular formula is C16H22N2. The Labute approximate surface area is 110 Å². The van der Waals surface area contributed by atoms with Crippen molar-refractivity contribution in [3.8, 4) is 5.69 Å². The summed E-state index contributed by atoms with van der Waals surface area (Å²) < 4.78 is 2.35. The van der Waals surface area contributed by atoms with Crippen molar-refractivity contribution in [2.45, 2.75) is 34.2 Å². The van der Waals surface area contributed by atoms with Gasteiger partial charge in [-0.25, -0.2) is 0 Å². The van der Waals surface area contributed by atoms with Crippen LogP contribution >= 0.6 is 0 Å². The molecule has 2 aromatic rings. The first-order valence-electron chi connectivity index (χ1n) is 6.44. The number of rotatable bonds is 3. The lowest BCUT2D eigenvalue weighted by molar-refractivity contribution is 0.806. The van der Waals surface area contributed by atoms with Crippen LogP contribution in [0.25, 0.3) is 5.69 Å². The van der Waals surface area contributed by atoms with Crippen molar-refractivity contribution in [3.63, 3.8) is 0 Å². The zero-order chi connectivity index (χ0) is 13.3. The molecule has 0 atom stereocenters. The molecule has 0 fully saturated rings. The van der Waals surface area contributed by atoms with Gasteiger partial charge in [0.25, 0.3) is 0 Å². The molecule has 2 nitrogen and oxygen atoms in total. The lowest BCUT2D eigenvalue weighted by Crippen LogP contribution is -2.07. The Bertz CT molecular complexity index is 565. The molecule has 0 radical (unpaired) electrons. The first-order valence-corrected chi connectivity index (χ1v) is 6.44. The number of hydrogen-bond donors (Lipinski definition) is 1. The summed E-state index contributed by atoms with van der Waals surface area (Å²) in [5.74, 6) is 0. The summed E-state index contributed by atoms with van der Waals surface area (Å²) in [5, 5.41) is 3.23. The third-order valence-electron chi connectivity index (χ3n) is 3.50. The van der Waals surface area contributed by atoms with E-state index in [1.165, 1.54) is 33.8 Å². The van der Waals surface area contributed by atoms with E-state index in [0.29, 0.717) is 0 Å². The lowest BCUT2D eigenvalue weighted by atomic mass is 10.1. The van der Waals surface area contributed by atoms with Gasteiger partial charge in [-0.05, 0) is 58.0 Å². The highest BCUT2D eigenvalue weighted by atomic mass is 15.0. The molecule has 18 heavy (non-hydrogen) atoms. The van der Waals surface area contributed by atoms with Crippen molar-refractivity contribution >= 4 is 0 Å². The molecule has 96 valence electrons. The fraction of sp³-hybridized carbons (Fsp3) is 0.375. The second-order valence-electron chi connectivity index (χ2n) is 5.05. The monoisotopic (exact) mass is 242 g/mol. The van der Waals surface area contributed by atoms with Gasteiger partial charge in [-0.2, -0.15) is 0 Å². The second-order valence-corrected chi connectivity index (χ2v) is 5.05. The van der Waals surface area contributed by atoms with Gasteiger partial charge < -0.3 is 9.88 Å². The largest absolute Gasteiger partial charge is 0.318 e. The summed E-state index contributed by atoms with van der Waals surface area (Å²) >= 11 is 0. The molecule has 0 aliphatic rings. The summed E-state index contributed by atoms with van der Waals surface area (Å²) in [6.45, 7) is 9.60. The third kappa shape index (κ3) is 2.21. The lowest BCUT2D eigenvalue weighted by Gasteiger charge is -2.13. The standard InChI is InChI=1S/C16H22N2/c1-11-6-7-16(12(2)8-11)18-13(3)9-15(10-17-5)14(18)4/h6-9,17H,10H2,1-5H3. The minimum Gasteiger partial charge on any atom is -0.318 e. The van der Waals surface area contributed by atoms with Crippen LogP contribution in [-0.4, -0.2) is 11.6 Å². The van der Waals surface area contributed by atoms with Crippen LogP contribution in [0, 0.1) is 27.7 Å². The van der Waals surface area contributed by atoms with E-state index in [1.54, 1.807) is 0 Å².